The number of rotatable bonds is 2. The van der Waals surface area contributed by atoms with Gasteiger partial charge in [0.15, 0.2) is 0 Å². The summed E-state index contributed by atoms with van der Waals surface area (Å²) in [4.78, 5) is 8.92. The van der Waals surface area contributed by atoms with Crippen molar-refractivity contribution in [1.82, 2.24) is 14.5 Å². The average Bonchev–Trinajstić information content (AvgIpc) is 3.14. The lowest BCUT2D eigenvalue weighted by atomic mass is 10.2. The molecule has 118 valence electrons. The molecule has 0 bridgehead atoms. The zero-order valence-corrected chi connectivity index (χ0v) is 12.0. The summed E-state index contributed by atoms with van der Waals surface area (Å²) in [6.45, 7) is -2.07. The third-order valence-corrected chi connectivity index (χ3v) is 4.30. The Morgan fingerprint density at radius 1 is 1.14 bits per heavy atom. The summed E-state index contributed by atoms with van der Waals surface area (Å²) >= 11 is 5.77. The highest BCUT2D eigenvalue weighted by atomic mass is 35.5. The van der Waals surface area contributed by atoms with E-state index in [1.54, 1.807) is 6.20 Å². The van der Waals surface area contributed by atoms with Crippen molar-refractivity contribution in [2.75, 3.05) is 18.0 Å². The third-order valence-electron chi connectivity index (χ3n) is 4.12. The molecule has 3 heterocycles. The molecule has 0 amide bonds. The largest absolute Gasteiger partial charge is 0.356 e. The van der Waals surface area contributed by atoms with Crippen LogP contribution in [0.3, 0.4) is 0 Å². The molecule has 22 heavy (non-hydrogen) atoms. The second-order valence-corrected chi connectivity index (χ2v) is 6.13. The lowest BCUT2D eigenvalue weighted by Gasteiger charge is -2.15. The predicted molar refractivity (Wildman–Crippen MR) is 72.9 cm³/mol. The highest BCUT2D eigenvalue weighted by Gasteiger charge is 2.63. The molecular formula is C13H11ClF4N4. The summed E-state index contributed by atoms with van der Waals surface area (Å²) in [5, 5.41) is -0.0417. The molecule has 2 fully saturated rings. The molecule has 4 rings (SSSR count). The maximum Gasteiger partial charge on any atom is 0.329 e. The molecule has 2 aromatic heterocycles. The Labute approximate surface area is 127 Å². The maximum absolute atomic E-state index is 13.5. The molecule has 9 heteroatoms. The Balaban J connectivity index is 1.84. The normalized spacial score (nSPS) is 23.4. The van der Waals surface area contributed by atoms with Crippen LogP contribution < -0.4 is 4.90 Å². The summed E-state index contributed by atoms with van der Waals surface area (Å²) in [6.07, 6.45) is 5.01. The number of hydrogen-bond acceptors (Lipinski definition) is 3. The van der Waals surface area contributed by atoms with Crippen LogP contribution in [0.5, 0.6) is 0 Å². The number of alkyl halides is 4. The second-order valence-electron chi connectivity index (χ2n) is 5.79. The van der Waals surface area contributed by atoms with Gasteiger partial charge in [-0.05, 0) is 24.4 Å². The Morgan fingerprint density at radius 3 is 2.36 bits per heavy atom. The Kier molecular flexibility index (Phi) is 2.71. The van der Waals surface area contributed by atoms with Crippen LogP contribution in [-0.4, -0.2) is 39.5 Å². The number of fused-ring (bicyclic) bond motifs is 1. The Bertz CT molecular complexity index is 740. The second kappa shape index (κ2) is 4.24. The van der Waals surface area contributed by atoms with Gasteiger partial charge in [-0.15, -0.1) is 0 Å². The van der Waals surface area contributed by atoms with Crippen LogP contribution in [0.15, 0.2) is 12.4 Å². The highest BCUT2D eigenvalue weighted by Crippen LogP contribution is 2.46. The highest BCUT2D eigenvalue weighted by molar-refractivity contribution is 6.28. The van der Waals surface area contributed by atoms with Crippen LogP contribution in [-0.2, 0) is 0 Å². The first kappa shape index (κ1) is 14.0. The van der Waals surface area contributed by atoms with Gasteiger partial charge in [-0.25, -0.2) is 9.97 Å². The van der Waals surface area contributed by atoms with Gasteiger partial charge in [0, 0.05) is 12.2 Å². The molecule has 0 unspecified atom stereocenters. The van der Waals surface area contributed by atoms with Gasteiger partial charge in [0.1, 0.15) is 5.52 Å². The van der Waals surface area contributed by atoms with Crippen LogP contribution in [0.4, 0.5) is 23.2 Å². The molecule has 4 nitrogen and oxygen atoms in total. The van der Waals surface area contributed by atoms with Gasteiger partial charge in [0.25, 0.3) is 0 Å². The third kappa shape index (κ3) is 1.96. The van der Waals surface area contributed by atoms with Crippen molar-refractivity contribution in [1.29, 1.82) is 0 Å². The summed E-state index contributed by atoms with van der Waals surface area (Å²) in [6, 6.07) is 0.240. The average molecular weight is 335 g/mol. The van der Waals surface area contributed by atoms with Gasteiger partial charge >= 0.3 is 11.8 Å². The predicted octanol–water partition coefficient (Wildman–Crippen LogP) is 3.51. The molecule has 1 saturated carbocycles. The zero-order chi connectivity index (χ0) is 15.7. The van der Waals surface area contributed by atoms with E-state index < -0.39 is 24.9 Å². The van der Waals surface area contributed by atoms with E-state index in [4.69, 9.17) is 11.6 Å². The fourth-order valence-corrected chi connectivity index (χ4v) is 2.95. The minimum atomic E-state index is -4.06. The number of hydrogen-bond donors (Lipinski definition) is 0. The van der Waals surface area contributed by atoms with E-state index in [-0.39, 0.29) is 17.0 Å². The van der Waals surface area contributed by atoms with E-state index in [1.165, 1.54) is 6.20 Å². The lowest BCUT2D eigenvalue weighted by molar-refractivity contribution is -0.172. The monoisotopic (exact) mass is 334 g/mol. The smallest absolute Gasteiger partial charge is 0.329 e. The van der Waals surface area contributed by atoms with E-state index in [0.29, 0.717) is 11.0 Å². The molecule has 1 saturated heterocycles. The molecular weight excluding hydrogens is 324 g/mol. The van der Waals surface area contributed by atoms with Crippen LogP contribution in [0.25, 0.3) is 11.0 Å². The van der Waals surface area contributed by atoms with E-state index in [0.717, 1.165) is 17.7 Å². The number of aromatic nitrogens is 3. The first-order chi connectivity index (χ1) is 10.3. The van der Waals surface area contributed by atoms with E-state index in [1.807, 2.05) is 4.57 Å². The van der Waals surface area contributed by atoms with Crippen molar-refractivity contribution in [3.8, 4) is 0 Å². The zero-order valence-electron chi connectivity index (χ0n) is 11.2. The maximum atomic E-state index is 13.5. The molecule has 0 radical (unpaired) electrons. The van der Waals surface area contributed by atoms with Gasteiger partial charge in [0.05, 0.1) is 30.5 Å². The van der Waals surface area contributed by atoms with Crippen molar-refractivity contribution in [2.24, 2.45) is 0 Å². The van der Waals surface area contributed by atoms with Crippen molar-refractivity contribution in [3.05, 3.63) is 17.7 Å². The minimum absolute atomic E-state index is 0.0417. The van der Waals surface area contributed by atoms with Crippen LogP contribution in [0, 0.1) is 0 Å². The molecule has 1 aliphatic carbocycles. The van der Waals surface area contributed by atoms with Gasteiger partial charge in [-0.2, -0.15) is 17.6 Å². The van der Waals surface area contributed by atoms with Crippen LogP contribution in [0.1, 0.15) is 18.9 Å². The van der Waals surface area contributed by atoms with Crippen LogP contribution >= 0.6 is 11.6 Å². The summed E-state index contributed by atoms with van der Waals surface area (Å²) < 4.78 is 55.7. The Hall–Kier alpha value is -1.57. The molecule has 0 spiro atoms. The summed E-state index contributed by atoms with van der Waals surface area (Å²) in [5.74, 6) is -8.12. The summed E-state index contributed by atoms with van der Waals surface area (Å²) in [7, 11) is 0. The van der Waals surface area contributed by atoms with E-state index in [2.05, 4.69) is 9.97 Å². The fourth-order valence-electron chi connectivity index (χ4n) is 2.82. The van der Waals surface area contributed by atoms with Gasteiger partial charge in [-0.3, -0.25) is 0 Å². The van der Waals surface area contributed by atoms with Crippen LogP contribution in [0.2, 0.25) is 5.28 Å². The lowest BCUT2D eigenvalue weighted by Crippen LogP contribution is -2.38. The first-order valence-corrected chi connectivity index (χ1v) is 7.20. The van der Waals surface area contributed by atoms with Crippen molar-refractivity contribution in [2.45, 2.75) is 30.7 Å². The molecule has 0 aromatic carbocycles. The van der Waals surface area contributed by atoms with E-state index in [9.17, 15) is 17.6 Å². The van der Waals surface area contributed by atoms with Gasteiger partial charge in [-0.1, -0.05) is 0 Å². The minimum Gasteiger partial charge on any atom is -0.356 e. The molecule has 2 aliphatic rings. The van der Waals surface area contributed by atoms with Crippen molar-refractivity contribution in [3.63, 3.8) is 0 Å². The van der Waals surface area contributed by atoms with Gasteiger partial charge in [0.2, 0.25) is 5.28 Å². The number of nitrogens with zero attached hydrogens (tertiary/aromatic N) is 4. The molecule has 2 aromatic rings. The standard InChI is InChI=1S/C13H11ClF4N4/c14-11-19-3-8-10(20-11)9(4-22(8)7-1-2-7)21-5-12(15,16)13(17,18)6-21/h3-4,7H,1-2,5-6H2. The number of anilines is 1. The van der Waals surface area contributed by atoms with Gasteiger partial charge < -0.3 is 9.47 Å². The van der Waals surface area contributed by atoms with E-state index >= 15 is 0 Å². The quantitative estimate of drug-likeness (QED) is 0.622. The molecule has 1 aliphatic heterocycles. The SMILES string of the molecule is FC1(F)CN(c2cn(C3CC3)c3cnc(Cl)nc23)CC1(F)F. The molecule has 0 atom stereocenters. The topological polar surface area (TPSA) is 34.0 Å². The molecule has 0 N–H and O–H groups in total. The number of halogens is 5. The fraction of sp³-hybridized carbons (Fsp3) is 0.538. The van der Waals surface area contributed by atoms with Crippen molar-refractivity contribution < 1.29 is 17.6 Å². The van der Waals surface area contributed by atoms with Crippen molar-refractivity contribution >= 4 is 28.3 Å². The Morgan fingerprint density at radius 2 is 1.77 bits per heavy atom. The summed E-state index contributed by atoms with van der Waals surface area (Å²) in [5.41, 5.74) is 1.21. The first-order valence-electron chi connectivity index (χ1n) is 6.82.